The van der Waals surface area contributed by atoms with Crippen LogP contribution in [0, 0.1) is 5.92 Å². The number of nitrogens with zero attached hydrogens (tertiary/aromatic N) is 1. The SMILES string of the molecule is CC(C)CCC(C)N1CCNC2(CCCC2)C1. The van der Waals surface area contributed by atoms with Gasteiger partial charge in [0.05, 0.1) is 0 Å². The fraction of sp³-hybridized carbons (Fsp3) is 1.00. The number of piperazine rings is 1. The lowest BCUT2D eigenvalue weighted by atomic mass is 9.93. The van der Waals surface area contributed by atoms with Gasteiger partial charge in [0, 0.05) is 31.2 Å². The fourth-order valence-electron chi connectivity index (χ4n) is 3.51. The minimum absolute atomic E-state index is 0.490. The predicted octanol–water partition coefficient (Wildman–Crippen LogP) is 3.03. The minimum atomic E-state index is 0.490. The summed E-state index contributed by atoms with van der Waals surface area (Å²) in [6, 6.07) is 0.775. The lowest BCUT2D eigenvalue weighted by Gasteiger charge is -2.44. The van der Waals surface area contributed by atoms with E-state index in [1.807, 2.05) is 0 Å². The van der Waals surface area contributed by atoms with Gasteiger partial charge in [-0.2, -0.15) is 0 Å². The molecule has 1 unspecified atom stereocenters. The quantitative estimate of drug-likeness (QED) is 0.810. The monoisotopic (exact) mass is 238 g/mol. The Kier molecular flexibility index (Phi) is 4.48. The van der Waals surface area contributed by atoms with Crippen LogP contribution < -0.4 is 5.32 Å². The second-order valence-corrected chi connectivity index (χ2v) is 6.70. The highest BCUT2D eigenvalue weighted by Gasteiger charge is 2.38. The minimum Gasteiger partial charge on any atom is -0.309 e. The zero-order chi connectivity index (χ0) is 12.3. The van der Waals surface area contributed by atoms with Gasteiger partial charge >= 0.3 is 0 Å². The molecule has 1 aliphatic heterocycles. The third-order valence-electron chi connectivity index (χ3n) is 4.75. The lowest BCUT2D eigenvalue weighted by Crippen LogP contribution is -2.60. The first-order valence-corrected chi connectivity index (χ1v) is 7.60. The highest BCUT2D eigenvalue weighted by atomic mass is 15.2. The van der Waals surface area contributed by atoms with Gasteiger partial charge in [-0.25, -0.2) is 0 Å². The molecule has 0 aromatic heterocycles. The average Bonchev–Trinajstić information content (AvgIpc) is 2.74. The molecule has 2 heteroatoms. The second-order valence-electron chi connectivity index (χ2n) is 6.70. The summed E-state index contributed by atoms with van der Waals surface area (Å²) in [4.78, 5) is 2.74. The van der Waals surface area contributed by atoms with Crippen molar-refractivity contribution in [3.63, 3.8) is 0 Å². The van der Waals surface area contributed by atoms with Crippen LogP contribution in [0.5, 0.6) is 0 Å². The smallest absolute Gasteiger partial charge is 0.0309 e. The van der Waals surface area contributed by atoms with E-state index in [0.717, 1.165) is 12.0 Å². The highest BCUT2D eigenvalue weighted by molar-refractivity contribution is 4.98. The maximum absolute atomic E-state index is 3.80. The zero-order valence-electron chi connectivity index (χ0n) is 12.0. The van der Waals surface area contributed by atoms with Gasteiger partial charge in [-0.1, -0.05) is 26.7 Å². The van der Waals surface area contributed by atoms with Crippen molar-refractivity contribution in [3.8, 4) is 0 Å². The first-order valence-electron chi connectivity index (χ1n) is 7.60. The Labute approximate surface area is 107 Å². The van der Waals surface area contributed by atoms with Crippen LogP contribution in [-0.4, -0.2) is 36.1 Å². The third-order valence-corrected chi connectivity index (χ3v) is 4.75. The average molecular weight is 238 g/mol. The highest BCUT2D eigenvalue weighted by Crippen LogP contribution is 2.32. The molecule has 2 fully saturated rings. The van der Waals surface area contributed by atoms with Gasteiger partial charge in [-0.3, -0.25) is 4.90 Å². The van der Waals surface area contributed by atoms with E-state index in [9.17, 15) is 0 Å². The maximum atomic E-state index is 3.80. The Bertz CT molecular complexity index is 231. The molecule has 0 amide bonds. The Morgan fingerprint density at radius 1 is 1.12 bits per heavy atom. The molecule has 0 aromatic rings. The Morgan fingerprint density at radius 3 is 2.47 bits per heavy atom. The van der Waals surface area contributed by atoms with E-state index in [2.05, 4.69) is 31.0 Å². The van der Waals surface area contributed by atoms with E-state index >= 15 is 0 Å². The van der Waals surface area contributed by atoms with Crippen LogP contribution in [0.3, 0.4) is 0 Å². The van der Waals surface area contributed by atoms with E-state index in [4.69, 9.17) is 0 Å². The van der Waals surface area contributed by atoms with Crippen LogP contribution >= 0.6 is 0 Å². The zero-order valence-corrected chi connectivity index (χ0v) is 12.0. The van der Waals surface area contributed by atoms with Crippen molar-refractivity contribution >= 4 is 0 Å². The van der Waals surface area contributed by atoms with Crippen molar-refractivity contribution < 1.29 is 0 Å². The molecular formula is C15H30N2. The second kappa shape index (κ2) is 5.71. The topological polar surface area (TPSA) is 15.3 Å². The van der Waals surface area contributed by atoms with Crippen molar-refractivity contribution in [2.45, 2.75) is 70.9 Å². The summed E-state index contributed by atoms with van der Waals surface area (Å²) in [5, 5.41) is 3.80. The van der Waals surface area contributed by atoms with Gasteiger partial charge in [0.25, 0.3) is 0 Å². The number of hydrogen-bond donors (Lipinski definition) is 1. The molecule has 100 valence electrons. The molecule has 0 aromatic carbocycles. The van der Waals surface area contributed by atoms with Crippen LogP contribution in [0.1, 0.15) is 59.3 Å². The molecule has 1 aliphatic carbocycles. The van der Waals surface area contributed by atoms with E-state index in [1.165, 1.54) is 58.2 Å². The van der Waals surface area contributed by atoms with Gasteiger partial charge in [0.15, 0.2) is 0 Å². The molecule has 1 heterocycles. The van der Waals surface area contributed by atoms with Crippen LogP contribution in [0.15, 0.2) is 0 Å². The molecule has 2 rings (SSSR count). The summed E-state index contributed by atoms with van der Waals surface area (Å²) < 4.78 is 0. The molecular weight excluding hydrogens is 208 g/mol. The first kappa shape index (κ1) is 13.4. The van der Waals surface area contributed by atoms with Crippen molar-refractivity contribution in [2.75, 3.05) is 19.6 Å². The molecule has 1 N–H and O–H groups in total. The van der Waals surface area contributed by atoms with Crippen molar-refractivity contribution in [1.29, 1.82) is 0 Å². The normalized spacial score (nSPS) is 26.8. The Morgan fingerprint density at radius 2 is 1.82 bits per heavy atom. The lowest BCUT2D eigenvalue weighted by molar-refractivity contribution is 0.0943. The summed E-state index contributed by atoms with van der Waals surface area (Å²) in [7, 11) is 0. The van der Waals surface area contributed by atoms with Crippen LogP contribution in [0.25, 0.3) is 0 Å². The fourth-order valence-corrected chi connectivity index (χ4v) is 3.51. The molecule has 1 saturated carbocycles. The van der Waals surface area contributed by atoms with Crippen molar-refractivity contribution in [1.82, 2.24) is 10.2 Å². The maximum Gasteiger partial charge on any atom is 0.0309 e. The van der Waals surface area contributed by atoms with Crippen LogP contribution in [-0.2, 0) is 0 Å². The molecule has 0 bridgehead atoms. The number of hydrogen-bond acceptors (Lipinski definition) is 2. The van der Waals surface area contributed by atoms with E-state index in [0.29, 0.717) is 5.54 Å². The number of rotatable bonds is 4. The van der Waals surface area contributed by atoms with Gasteiger partial charge in [0.2, 0.25) is 0 Å². The Balaban J connectivity index is 1.84. The molecule has 17 heavy (non-hydrogen) atoms. The van der Waals surface area contributed by atoms with Gasteiger partial charge < -0.3 is 5.32 Å². The molecule has 1 spiro atoms. The standard InChI is InChI=1S/C15H30N2/c1-13(2)6-7-14(3)17-11-10-16-15(12-17)8-4-5-9-15/h13-14,16H,4-12H2,1-3H3. The van der Waals surface area contributed by atoms with Crippen molar-refractivity contribution in [2.24, 2.45) is 5.92 Å². The van der Waals surface area contributed by atoms with Crippen LogP contribution in [0.4, 0.5) is 0 Å². The summed E-state index contributed by atoms with van der Waals surface area (Å²) in [5.41, 5.74) is 0.490. The van der Waals surface area contributed by atoms with Gasteiger partial charge in [0.1, 0.15) is 0 Å². The molecule has 2 nitrogen and oxygen atoms in total. The molecule has 0 radical (unpaired) electrons. The van der Waals surface area contributed by atoms with Gasteiger partial charge in [-0.05, 0) is 38.5 Å². The molecule has 2 aliphatic rings. The largest absolute Gasteiger partial charge is 0.309 e. The number of nitrogens with one attached hydrogen (secondary N) is 1. The Hall–Kier alpha value is -0.0800. The first-order chi connectivity index (χ1) is 8.11. The van der Waals surface area contributed by atoms with Crippen LogP contribution in [0.2, 0.25) is 0 Å². The van der Waals surface area contributed by atoms with E-state index in [1.54, 1.807) is 0 Å². The molecule has 1 atom stereocenters. The summed E-state index contributed by atoms with van der Waals surface area (Å²) >= 11 is 0. The van der Waals surface area contributed by atoms with Gasteiger partial charge in [-0.15, -0.1) is 0 Å². The summed E-state index contributed by atoms with van der Waals surface area (Å²) in [5.74, 6) is 0.848. The third kappa shape index (κ3) is 3.45. The predicted molar refractivity (Wildman–Crippen MR) is 74.3 cm³/mol. The summed E-state index contributed by atoms with van der Waals surface area (Å²) in [6.45, 7) is 10.8. The van der Waals surface area contributed by atoms with Crippen molar-refractivity contribution in [3.05, 3.63) is 0 Å². The summed E-state index contributed by atoms with van der Waals surface area (Å²) in [6.07, 6.45) is 8.41. The molecule has 1 saturated heterocycles. The van der Waals surface area contributed by atoms with E-state index in [-0.39, 0.29) is 0 Å². The van der Waals surface area contributed by atoms with E-state index < -0.39 is 0 Å².